The first-order valence-corrected chi connectivity index (χ1v) is 7.57. The lowest BCUT2D eigenvalue weighted by Gasteiger charge is -2.28. The molecule has 0 aromatic heterocycles. The van der Waals surface area contributed by atoms with E-state index in [0.29, 0.717) is 19.8 Å². The molecule has 0 amide bonds. The minimum absolute atomic E-state index is 0.0401. The molecular formula is C15H14BrClO2. The van der Waals surface area contributed by atoms with Gasteiger partial charge >= 0.3 is 0 Å². The van der Waals surface area contributed by atoms with E-state index in [1.165, 1.54) is 5.56 Å². The number of hydrogen-bond donors (Lipinski definition) is 0. The molecule has 1 saturated heterocycles. The molecular weight excluding hydrogens is 328 g/mol. The number of ether oxygens (including phenoxy) is 2. The van der Waals surface area contributed by atoms with Crippen molar-refractivity contribution >= 4 is 38.3 Å². The van der Waals surface area contributed by atoms with E-state index in [-0.39, 0.29) is 10.9 Å². The second-order valence-electron chi connectivity index (χ2n) is 4.57. The van der Waals surface area contributed by atoms with Crippen LogP contribution in [0.1, 0.15) is 10.4 Å². The van der Waals surface area contributed by atoms with Crippen LogP contribution in [-0.4, -0.2) is 25.9 Å². The highest BCUT2D eigenvalue weighted by Crippen LogP contribution is 2.37. The van der Waals surface area contributed by atoms with Crippen molar-refractivity contribution in [1.82, 2.24) is 0 Å². The summed E-state index contributed by atoms with van der Waals surface area (Å²) < 4.78 is 11.2. The molecule has 1 aliphatic heterocycles. The van der Waals surface area contributed by atoms with Crippen molar-refractivity contribution in [2.45, 2.75) is 10.9 Å². The van der Waals surface area contributed by atoms with Gasteiger partial charge in [0, 0.05) is 10.4 Å². The molecule has 2 unspecified atom stereocenters. The van der Waals surface area contributed by atoms with Crippen molar-refractivity contribution in [2.24, 2.45) is 0 Å². The second kappa shape index (κ2) is 5.80. The van der Waals surface area contributed by atoms with E-state index >= 15 is 0 Å². The van der Waals surface area contributed by atoms with Crippen LogP contribution in [0.15, 0.2) is 36.4 Å². The fourth-order valence-electron chi connectivity index (χ4n) is 2.40. The van der Waals surface area contributed by atoms with Gasteiger partial charge in [0.1, 0.15) is 0 Å². The average molecular weight is 342 g/mol. The van der Waals surface area contributed by atoms with Crippen LogP contribution >= 0.6 is 27.5 Å². The molecule has 0 aliphatic carbocycles. The highest BCUT2D eigenvalue weighted by molar-refractivity contribution is 9.09. The van der Waals surface area contributed by atoms with Crippen LogP contribution in [0.4, 0.5) is 0 Å². The molecule has 0 saturated carbocycles. The first kappa shape index (κ1) is 13.4. The number of alkyl halides is 1. The molecule has 0 radical (unpaired) electrons. The van der Waals surface area contributed by atoms with E-state index in [1.807, 2.05) is 24.3 Å². The van der Waals surface area contributed by atoms with Crippen LogP contribution in [-0.2, 0) is 9.47 Å². The lowest BCUT2D eigenvalue weighted by atomic mass is 9.99. The van der Waals surface area contributed by atoms with Crippen LogP contribution in [0, 0.1) is 0 Å². The molecule has 4 heteroatoms. The Morgan fingerprint density at radius 3 is 2.63 bits per heavy atom. The molecule has 2 nitrogen and oxygen atoms in total. The summed E-state index contributed by atoms with van der Waals surface area (Å²) >= 11 is 9.99. The normalized spacial score (nSPS) is 21.5. The standard InChI is InChI=1S/C15H14BrClO2/c16-15(14-9-18-7-8-19-14)12-5-6-13(17)11-4-2-1-3-10(11)12/h1-6,14-15H,7-9H2. The molecule has 1 aliphatic rings. The molecule has 0 N–H and O–H groups in total. The summed E-state index contributed by atoms with van der Waals surface area (Å²) in [4.78, 5) is 0.106. The topological polar surface area (TPSA) is 18.5 Å². The Labute approximate surface area is 125 Å². The van der Waals surface area contributed by atoms with Gasteiger partial charge in [-0.25, -0.2) is 0 Å². The average Bonchev–Trinajstić information content (AvgIpc) is 2.48. The first-order chi connectivity index (χ1) is 9.27. The summed E-state index contributed by atoms with van der Waals surface area (Å²) in [5.41, 5.74) is 1.19. The van der Waals surface area contributed by atoms with Gasteiger partial charge in [0.05, 0.1) is 30.8 Å². The summed E-state index contributed by atoms with van der Waals surface area (Å²) in [5.74, 6) is 0. The molecule has 100 valence electrons. The molecule has 0 spiro atoms. The van der Waals surface area contributed by atoms with E-state index in [9.17, 15) is 0 Å². The molecule has 2 aromatic rings. The summed E-state index contributed by atoms with van der Waals surface area (Å²) in [5, 5.41) is 3.01. The summed E-state index contributed by atoms with van der Waals surface area (Å²) in [6.07, 6.45) is 0.0401. The molecule has 2 aromatic carbocycles. The van der Waals surface area contributed by atoms with Crippen LogP contribution in [0.5, 0.6) is 0 Å². The van der Waals surface area contributed by atoms with Crippen molar-refractivity contribution in [3.63, 3.8) is 0 Å². The lowest BCUT2D eigenvalue weighted by Crippen LogP contribution is -2.31. The minimum Gasteiger partial charge on any atom is -0.376 e. The van der Waals surface area contributed by atoms with Crippen LogP contribution in [0.2, 0.25) is 5.02 Å². The molecule has 1 fully saturated rings. The molecule has 0 bridgehead atoms. The Bertz CT molecular complexity index is 581. The molecule has 3 rings (SSSR count). The molecule has 1 heterocycles. The number of halogens is 2. The SMILES string of the molecule is Clc1ccc(C(Br)C2COCCO2)c2ccccc12. The summed E-state index contributed by atoms with van der Waals surface area (Å²) in [7, 11) is 0. The van der Waals surface area contributed by atoms with Crippen molar-refractivity contribution in [3.05, 3.63) is 47.0 Å². The third kappa shape index (κ3) is 2.65. The lowest BCUT2D eigenvalue weighted by molar-refractivity contribution is -0.0875. The Morgan fingerprint density at radius 1 is 1.11 bits per heavy atom. The zero-order valence-corrected chi connectivity index (χ0v) is 12.7. The van der Waals surface area contributed by atoms with E-state index in [2.05, 4.69) is 28.1 Å². The third-order valence-corrected chi connectivity index (χ3v) is 4.78. The van der Waals surface area contributed by atoms with Gasteiger partial charge in [0.2, 0.25) is 0 Å². The first-order valence-electron chi connectivity index (χ1n) is 6.28. The number of hydrogen-bond acceptors (Lipinski definition) is 2. The maximum Gasteiger partial charge on any atom is 0.0975 e. The van der Waals surface area contributed by atoms with E-state index in [0.717, 1.165) is 15.8 Å². The Morgan fingerprint density at radius 2 is 1.89 bits per heavy atom. The Hall–Kier alpha value is -0.610. The van der Waals surface area contributed by atoms with Crippen LogP contribution in [0.25, 0.3) is 10.8 Å². The van der Waals surface area contributed by atoms with Crippen molar-refractivity contribution < 1.29 is 9.47 Å². The van der Waals surface area contributed by atoms with Gasteiger partial charge in [0.25, 0.3) is 0 Å². The predicted molar refractivity (Wildman–Crippen MR) is 81.2 cm³/mol. The largest absolute Gasteiger partial charge is 0.376 e. The Kier molecular flexibility index (Phi) is 4.08. The maximum absolute atomic E-state index is 6.25. The monoisotopic (exact) mass is 340 g/mol. The molecule has 2 atom stereocenters. The van der Waals surface area contributed by atoms with Crippen molar-refractivity contribution in [1.29, 1.82) is 0 Å². The summed E-state index contributed by atoms with van der Waals surface area (Å²) in [6, 6.07) is 12.2. The summed E-state index contributed by atoms with van der Waals surface area (Å²) in [6.45, 7) is 1.95. The van der Waals surface area contributed by atoms with Crippen LogP contribution in [0.3, 0.4) is 0 Å². The van der Waals surface area contributed by atoms with E-state index in [4.69, 9.17) is 21.1 Å². The zero-order chi connectivity index (χ0) is 13.2. The fraction of sp³-hybridized carbons (Fsp3) is 0.333. The van der Waals surface area contributed by atoms with Crippen molar-refractivity contribution in [2.75, 3.05) is 19.8 Å². The number of benzene rings is 2. The van der Waals surface area contributed by atoms with E-state index < -0.39 is 0 Å². The maximum atomic E-state index is 6.25. The quantitative estimate of drug-likeness (QED) is 0.756. The van der Waals surface area contributed by atoms with Gasteiger partial charge in [-0.1, -0.05) is 57.9 Å². The molecule has 19 heavy (non-hydrogen) atoms. The van der Waals surface area contributed by atoms with Gasteiger partial charge in [0.15, 0.2) is 0 Å². The zero-order valence-electron chi connectivity index (χ0n) is 10.3. The fourth-order valence-corrected chi connectivity index (χ4v) is 3.33. The van der Waals surface area contributed by atoms with Gasteiger partial charge in [-0.15, -0.1) is 0 Å². The van der Waals surface area contributed by atoms with Gasteiger partial charge in [-0.05, 0) is 17.0 Å². The van der Waals surface area contributed by atoms with Crippen molar-refractivity contribution in [3.8, 4) is 0 Å². The van der Waals surface area contributed by atoms with Gasteiger partial charge in [-0.2, -0.15) is 0 Å². The van der Waals surface area contributed by atoms with Crippen LogP contribution < -0.4 is 0 Å². The highest BCUT2D eigenvalue weighted by Gasteiger charge is 2.25. The predicted octanol–water partition coefficient (Wildman–Crippen LogP) is 4.34. The van der Waals surface area contributed by atoms with Gasteiger partial charge < -0.3 is 9.47 Å². The van der Waals surface area contributed by atoms with Gasteiger partial charge in [-0.3, -0.25) is 0 Å². The highest BCUT2D eigenvalue weighted by atomic mass is 79.9. The minimum atomic E-state index is 0.0401. The smallest absolute Gasteiger partial charge is 0.0975 e. The Balaban J connectivity index is 2.02. The van der Waals surface area contributed by atoms with E-state index in [1.54, 1.807) is 0 Å². The number of fused-ring (bicyclic) bond motifs is 1. The second-order valence-corrected chi connectivity index (χ2v) is 5.96. The number of rotatable bonds is 2. The third-order valence-electron chi connectivity index (χ3n) is 3.37.